The predicted octanol–water partition coefficient (Wildman–Crippen LogP) is 2.48. The second kappa shape index (κ2) is 6.13. The molecule has 1 aromatic carbocycles. The molecule has 1 heterocycles. The van der Waals surface area contributed by atoms with Gasteiger partial charge in [0.25, 0.3) is 0 Å². The normalized spacial score (nSPS) is 12.4. The summed E-state index contributed by atoms with van der Waals surface area (Å²) < 4.78 is 7.19. The summed E-state index contributed by atoms with van der Waals surface area (Å²) in [5, 5.41) is 2.39. The molecule has 0 spiro atoms. The molecule has 20 heavy (non-hydrogen) atoms. The quantitative estimate of drug-likeness (QED) is 0.862. The van der Waals surface area contributed by atoms with Crippen LogP contribution in [-0.4, -0.2) is 29.6 Å². The number of imidazole rings is 1. The van der Waals surface area contributed by atoms with E-state index in [-0.39, 0.29) is 11.3 Å². The fourth-order valence-electron chi connectivity index (χ4n) is 2.13. The third kappa shape index (κ3) is 2.88. The summed E-state index contributed by atoms with van der Waals surface area (Å²) in [6, 6.07) is 5.69. The molecule has 6 heteroatoms. The number of rotatable bonds is 5. The molecule has 2 rings (SSSR count). The first kappa shape index (κ1) is 14.7. The minimum atomic E-state index is -0.224. The molecule has 0 bridgehead atoms. The first-order valence-corrected chi connectivity index (χ1v) is 6.89. The molecule has 1 amide bonds. The number of hydrogen-bond donors (Lipinski definition) is 1. The second-order valence-electron chi connectivity index (χ2n) is 4.52. The molecule has 0 saturated heterocycles. The molecule has 0 saturated carbocycles. The van der Waals surface area contributed by atoms with Crippen LogP contribution in [0.1, 0.15) is 24.5 Å². The molecule has 1 aromatic heterocycles. The highest BCUT2D eigenvalue weighted by Crippen LogP contribution is 2.27. The highest BCUT2D eigenvalue weighted by Gasteiger charge is 2.16. The van der Waals surface area contributed by atoms with Gasteiger partial charge in [-0.25, -0.2) is 4.98 Å². The number of aryl methyl sites for hydroxylation is 1. The lowest BCUT2D eigenvalue weighted by molar-refractivity contribution is -0.120. The van der Waals surface area contributed by atoms with E-state index in [9.17, 15) is 4.79 Å². The van der Waals surface area contributed by atoms with Gasteiger partial charge in [-0.05, 0) is 19.1 Å². The maximum atomic E-state index is 11.4. The number of aromatic nitrogens is 2. The van der Waals surface area contributed by atoms with Crippen LogP contribution >= 0.6 is 11.6 Å². The van der Waals surface area contributed by atoms with E-state index >= 15 is 0 Å². The van der Waals surface area contributed by atoms with Crippen molar-refractivity contribution in [1.29, 1.82) is 0 Å². The first-order valence-electron chi connectivity index (χ1n) is 6.45. The van der Waals surface area contributed by atoms with Crippen LogP contribution in [0.5, 0.6) is 5.75 Å². The lowest BCUT2D eigenvalue weighted by atomic mass is 10.3. The van der Waals surface area contributed by atoms with Gasteiger partial charge in [0.05, 0.1) is 23.5 Å². The summed E-state index contributed by atoms with van der Waals surface area (Å²) in [5.74, 6) is 1.51. The monoisotopic (exact) mass is 295 g/mol. The number of hydrogen-bond acceptors (Lipinski definition) is 3. The smallest absolute Gasteiger partial charge is 0.221 e. The molecule has 108 valence electrons. The Bertz CT molecular complexity index is 622. The number of carbonyl (C=O) groups excluding carboxylic acids is 1. The topological polar surface area (TPSA) is 56.2 Å². The lowest BCUT2D eigenvalue weighted by Crippen LogP contribution is -2.20. The van der Waals surface area contributed by atoms with Gasteiger partial charge in [0.2, 0.25) is 5.91 Å². The van der Waals surface area contributed by atoms with Gasteiger partial charge >= 0.3 is 0 Å². The van der Waals surface area contributed by atoms with Crippen molar-refractivity contribution in [3.8, 4) is 5.75 Å². The van der Waals surface area contributed by atoms with Crippen molar-refractivity contribution in [1.82, 2.24) is 14.9 Å². The van der Waals surface area contributed by atoms with Crippen LogP contribution in [0.25, 0.3) is 11.0 Å². The van der Waals surface area contributed by atoms with Crippen molar-refractivity contribution in [3.05, 3.63) is 24.0 Å². The molecule has 0 aliphatic rings. The molecule has 1 N–H and O–H groups in total. The highest BCUT2D eigenvalue weighted by molar-refractivity contribution is 6.20. The van der Waals surface area contributed by atoms with Gasteiger partial charge in [-0.1, -0.05) is 0 Å². The zero-order valence-corrected chi connectivity index (χ0v) is 12.6. The summed E-state index contributed by atoms with van der Waals surface area (Å²) in [4.78, 5) is 16.0. The molecule has 0 aliphatic carbocycles. The van der Waals surface area contributed by atoms with Crippen LogP contribution < -0.4 is 10.1 Å². The number of alkyl halides is 1. The van der Waals surface area contributed by atoms with Gasteiger partial charge in [-0.3, -0.25) is 4.79 Å². The summed E-state index contributed by atoms with van der Waals surface area (Å²) in [6.45, 7) is 2.42. The van der Waals surface area contributed by atoms with E-state index in [1.54, 1.807) is 14.2 Å². The van der Waals surface area contributed by atoms with Crippen molar-refractivity contribution in [2.75, 3.05) is 14.2 Å². The van der Waals surface area contributed by atoms with Gasteiger partial charge in [0.1, 0.15) is 11.6 Å². The molecule has 5 nitrogen and oxygen atoms in total. The average Bonchev–Trinajstić information content (AvgIpc) is 2.82. The minimum absolute atomic E-state index is 0.00598. The van der Waals surface area contributed by atoms with Crippen LogP contribution in [0.2, 0.25) is 0 Å². The number of nitrogens with zero attached hydrogens (tertiary/aromatic N) is 2. The fourth-order valence-corrected chi connectivity index (χ4v) is 2.30. The zero-order chi connectivity index (χ0) is 14.7. The van der Waals surface area contributed by atoms with Gasteiger partial charge in [0, 0.05) is 26.1 Å². The number of nitrogens with one attached hydrogen (secondary N) is 1. The summed E-state index contributed by atoms with van der Waals surface area (Å²) in [6.07, 6.45) is 0.393. The summed E-state index contributed by atoms with van der Waals surface area (Å²) in [7, 11) is 3.25. The highest BCUT2D eigenvalue weighted by atomic mass is 35.5. The van der Waals surface area contributed by atoms with E-state index < -0.39 is 0 Å². The van der Waals surface area contributed by atoms with Crippen molar-refractivity contribution >= 4 is 28.5 Å². The number of amides is 1. The Balaban J connectivity index is 2.43. The SMILES string of the molecule is CNC(=O)CCn1c(C(C)Cl)nc2cc(OC)ccc21. The Morgan fingerprint density at radius 1 is 1.55 bits per heavy atom. The van der Waals surface area contributed by atoms with Crippen molar-refractivity contribution in [2.24, 2.45) is 0 Å². The molecular formula is C14H18ClN3O2. The number of halogens is 1. The van der Waals surface area contributed by atoms with Crippen LogP contribution in [0.4, 0.5) is 0 Å². The van der Waals surface area contributed by atoms with E-state index in [1.165, 1.54) is 0 Å². The van der Waals surface area contributed by atoms with E-state index in [1.807, 2.05) is 29.7 Å². The zero-order valence-electron chi connectivity index (χ0n) is 11.8. The van der Waals surface area contributed by atoms with Crippen LogP contribution in [0, 0.1) is 0 Å². The summed E-state index contributed by atoms with van der Waals surface area (Å²) in [5.41, 5.74) is 1.78. The van der Waals surface area contributed by atoms with Gasteiger partial charge in [-0.2, -0.15) is 0 Å². The second-order valence-corrected chi connectivity index (χ2v) is 5.17. The molecule has 2 aromatic rings. The third-order valence-corrected chi connectivity index (χ3v) is 3.38. The Morgan fingerprint density at radius 2 is 2.30 bits per heavy atom. The number of methoxy groups -OCH3 is 1. The molecule has 1 atom stereocenters. The fraction of sp³-hybridized carbons (Fsp3) is 0.429. The summed E-state index contributed by atoms with van der Waals surface area (Å²) >= 11 is 6.19. The number of carbonyl (C=O) groups is 1. The molecular weight excluding hydrogens is 278 g/mol. The van der Waals surface area contributed by atoms with Crippen molar-refractivity contribution in [2.45, 2.75) is 25.3 Å². The maximum Gasteiger partial charge on any atom is 0.221 e. The van der Waals surface area contributed by atoms with E-state index in [4.69, 9.17) is 16.3 Å². The lowest BCUT2D eigenvalue weighted by Gasteiger charge is -2.10. The third-order valence-electron chi connectivity index (χ3n) is 3.18. The number of fused-ring (bicyclic) bond motifs is 1. The largest absolute Gasteiger partial charge is 0.497 e. The Hall–Kier alpha value is -1.75. The first-order chi connectivity index (χ1) is 9.56. The minimum Gasteiger partial charge on any atom is -0.497 e. The van der Waals surface area contributed by atoms with Crippen molar-refractivity contribution < 1.29 is 9.53 Å². The van der Waals surface area contributed by atoms with E-state index in [2.05, 4.69) is 10.3 Å². The van der Waals surface area contributed by atoms with Gasteiger partial charge in [0.15, 0.2) is 0 Å². The number of ether oxygens (including phenoxy) is 1. The van der Waals surface area contributed by atoms with Crippen LogP contribution in [-0.2, 0) is 11.3 Å². The van der Waals surface area contributed by atoms with E-state index in [0.717, 1.165) is 22.6 Å². The molecule has 1 unspecified atom stereocenters. The maximum absolute atomic E-state index is 11.4. The Morgan fingerprint density at radius 3 is 2.90 bits per heavy atom. The predicted molar refractivity (Wildman–Crippen MR) is 79.2 cm³/mol. The van der Waals surface area contributed by atoms with Gasteiger partial charge in [-0.15, -0.1) is 11.6 Å². The van der Waals surface area contributed by atoms with Crippen LogP contribution in [0.3, 0.4) is 0 Å². The van der Waals surface area contributed by atoms with E-state index in [0.29, 0.717) is 13.0 Å². The van der Waals surface area contributed by atoms with Crippen molar-refractivity contribution in [3.63, 3.8) is 0 Å². The van der Waals surface area contributed by atoms with Crippen LogP contribution in [0.15, 0.2) is 18.2 Å². The number of benzene rings is 1. The molecule has 0 fully saturated rings. The molecule has 0 aliphatic heterocycles. The Labute approximate surface area is 122 Å². The average molecular weight is 296 g/mol. The Kier molecular flexibility index (Phi) is 4.49. The van der Waals surface area contributed by atoms with Gasteiger partial charge < -0.3 is 14.6 Å². The standard InChI is InChI=1S/C14H18ClN3O2/c1-9(15)14-17-11-8-10(20-3)4-5-12(11)18(14)7-6-13(19)16-2/h4-5,8-9H,6-7H2,1-3H3,(H,16,19). The molecule has 0 radical (unpaired) electrons.